The van der Waals surface area contributed by atoms with Crippen LogP contribution in [0.5, 0.6) is 0 Å². The van der Waals surface area contributed by atoms with Crippen molar-refractivity contribution in [3.8, 4) is 0 Å². The Labute approximate surface area is 189 Å². The summed E-state index contributed by atoms with van der Waals surface area (Å²) in [6, 6.07) is 22.6. The van der Waals surface area contributed by atoms with Gasteiger partial charge in [-0.2, -0.15) is 0 Å². The third-order valence-electron chi connectivity index (χ3n) is 7.17. The van der Waals surface area contributed by atoms with Crippen LogP contribution in [-0.4, -0.2) is 0 Å². The van der Waals surface area contributed by atoms with E-state index < -0.39 is 0 Å². The van der Waals surface area contributed by atoms with Crippen LogP contribution < -0.4 is 0 Å². The highest BCUT2D eigenvalue weighted by atomic mass is 32.2. The molecule has 0 radical (unpaired) electrons. The molecule has 3 aromatic carbocycles. The number of rotatable bonds is 5. The van der Waals surface area contributed by atoms with Crippen LogP contribution in [0.1, 0.15) is 63.5 Å². The Hall–Kier alpha value is -1.64. The van der Waals surface area contributed by atoms with Crippen LogP contribution in [-0.2, 0) is 6.42 Å². The van der Waals surface area contributed by atoms with Crippen molar-refractivity contribution in [3.05, 3.63) is 81.6 Å². The third kappa shape index (κ3) is 3.63. The van der Waals surface area contributed by atoms with E-state index in [1.54, 1.807) is 11.1 Å². The molecule has 0 saturated heterocycles. The molecule has 0 bridgehead atoms. The molecule has 0 atom stereocenters. The van der Waals surface area contributed by atoms with E-state index in [4.69, 9.17) is 0 Å². The molecule has 1 aliphatic heterocycles. The van der Waals surface area contributed by atoms with Crippen molar-refractivity contribution in [3.63, 3.8) is 0 Å². The molecule has 3 aromatic rings. The monoisotopic (exact) mass is 430 g/mol. The summed E-state index contributed by atoms with van der Waals surface area (Å²) in [5, 5.41) is 2.85. The van der Waals surface area contributed by atoms with Crippen molar-refractivity contribution in [2.45, 2.75) is 68.6 Å². The van der Waals surface area contributed by atoms with E-state index in [1.807, 2.05) is 23.5 Å². The number of benzene rings is 3. The van der Waals surface area contributed by atoms with Crippen LogP contribution in [0.2, 0.25) is 0 Å². The molecule has 0 amide bonds. The standard InChI is InChI=1S/C28H30S2/c1-4-19-16-21-11-7-9-13-24(21)29-27(19)30-25-15-14-20-10-6-8-12-23(20)26(25)22-17-28(3,5-2)18-22/h6-15,22H,4-5,16-18H2,1-3H3. The van der Waals surface area contributed by atoms with Gasteiger partial charge >= 0.3 is 0 Å². The maximum absolute atomic E-state index is 2.47. The first-order valence-corrected chi connectivity index (χ1v) is 12.9. The first-order chi connectivity index (χ1) is 14.6. The zero-order chi connectivity index (χ0) is 20.7. The van der Waals surface area contributed by atoms with Crippen LogP contribution in [0, 0.1) is 5.41 Å². The second kappa shape index (κ2) is 8.13. The molecule has 30 heavy (non-hydrogen) atoms. The Bertz CT molecular complexity index is 1120. The lowest BCUT2D eigenvalue weighted by Crippen LogP contribution is -2.32. The molecule has 154 valence electrons. The minimum atomic E-state index is 0.524. The van der Waals surface area contributed by atoms with E-state index >= 15 is 0 Å². The van der Waals surface area contributed by atoms with Gasteiger partial charge in [-0.05, 0) is 76.6 Å². The highest BCUT2D eigenvalue weighted by Crippen LogP contribution is 2.57. The Morgan fingerprint density at radius 3 is 2.53 bits per heavy atom. The molecular formula is C28H30S2. The summed E-state index contributed by atoms with van der Waals surface area (Å²) in [6.07, 6.45) is 6.15. The van der Waals surface area contributed by atoms with Crippen molar-refractivity contribution in [1.82, 2.24) is 0 Å². The minimum Gasteiger partial charge on any atom is -0.0825 e. The van der Waals surface area contributed by atoms with Gasteiger partial charge in [0, 0.05) is 14.0 Å². The molecular weight excluding hydrogens is 400 g/mol. The molecule has 0 spiro atoms. The Balaban J connectivity index is 1.55. The van der Waals surface area contributed by atoms with E-state index in [0.29, 0.717) is 11.3 Å². The molecule has 1 saturated carbocycles. The number of fused-ring (bicyclic) bond motifs is 2. The highest BCUT2D eigenvalue weighted by molar-refractivity contribution is 8.22. The summed E-state index contributed by atoms with van der Waals surface area (Å²) in [6.45, 7) is 7.13. The van der Waals surface area contributed by atoms with Gasteiger partial charge in [0.25, 0.3) is 0 Å². The van der Waals surface area contributed by atoms with Crippen LogP contribution in [0.3, 0.4) is 0 Å². The lowest BCUT2D eigenvalue weighted by Gasteiger charge is -2.46. The third-order valence-corrected chi connectivity index (χ3v) is 9.81. The molecule has 1 heterocycles. The Kier molecular flexibility index (Phi) is 5.49. The van der Waals surface area contributed by atoms with Gasteiger partial charge in [0.1, 0.15) is 0 Å². The SMILES string of the molecule is CCC1=C(Sc2ccc3ccccc3c2C2CC(C)(CC)C2)Sc2ccccc2C1. The topological polar surface area (TPSA) is 0 Å². The molecule has 0 nitrogen and oxygen atoms in total. The lowest BCUT2D eigenvalue weighted by atomic mass is 9.59. The summed E-state index contributed by atoms with van der Waals surface area (Å²) in [5.41, 5.74) is 5.21. The van der Waals surface area contributed by atoms with E-state index in [-0.39, 0.29) is 0 Å². The summed E-state index contributed by atoms with van der Waals surface area (Å²) in [5.74, 6) is 0.690. The van der Waals surface area contributed by atoms with Crippen molar-refractivity contribution < 1.29 is 0 Å². The number of hydrogen-bond acceptors (Lipinski definition) is 2. The van der Waals surface area contributed by atoms with Crippen LogP contribution in [0.4, 0.5) is 0 Å². The Morgan fingerprint density at radius 2 is 1.73 bits per heavy atom. The summed E-state index contributed by atoms with van der Waals surface area (Å²) in [4.78, 5) is 2.91. The van der Waals surface area contributed by atoms with E-state index in [0.717, 1.165) is 12.8 Å². The Morgan fingerprint density at radius 1 is 0.967 bits per heavy atom. The maximum atomic E-state index is 2.47. The average Bonchev–Trinajstić information content (AvgIpc) is 2.76. The minimum absolute atomic E-state index is 0.524. The van der Waals surface area contributed by atoms with E-state index in [9.17, 15) is 0 Å². The van der Waals surface area contributed by atoms with Gasteiger partial charge in [0.05, 0.1) is 0 Å². The van der Waals surface area contributed by atoms with Gasteiger partial charge in [-0.3, -0.25) is 0 Å². The van der Waals surface area contributed by atoms with Crippen LogP contribution in [0.25, 0.3) is 10.8 Å². The lowest BCUT2D eigenvalue weighted by molar-refractivity contribution is 0.119. The smallest absolute Gasteiger partial charge is 0.0494 e. The zero-order valence-electron chi connectivity index (χ0n) is 18.2. The molecule has 5 rings (SSSR count). The predicted octanol–water partition coefficient (Wildman–Crippen LogP) is 9.20. The summed E-state index contributed by atoms with van der Waals surface area (Å²) in [7, 11) is 0. The van der Waals surface area contributed by atoms with Gasteiger partial charge in [0.15, 0.2) is 0 Å². The van der Waals surface area contributed by atoms with Gasteiger partial charge in [0.2, 0.25) is 0 Å². The molecule has 2 heteroatoms. The van der Waals surface area contributed by atoms with Gasteiger partial charge in [-0.1, -0.05) is 99.2 Å². The summed E-state index contributed by atoms with van der Waals surface area (Å²) < 4.78 is 1.50. The molecule has 0 aromatic heterocycles. The van der Waals surface area contributed by atoms with Crippen molar-refractivity contribution in [2.24, 2.45) is 5.41 Å². The van der Waals surface area contributed by atoms with Crippen molar-refractivity contribution in [2.75, 3.05) is 0 Å². The first-order valence-electron chi connectivity index (χ1n) is 11.3. The van der Waals surface area contributed by atoms with Gasteiger partial charge in [-0.25, -0.2) is 0 Å². The summed E-state index contributed by atoms with van der Waals surface area (Å²) >= 11 is 4.01. The molecule has 0 unspecified atom stereocenters. The van der Waals surface area contributed by atoms with Gasteiger partial charge < -0.3 is 0 Å². The van der Waals surface area contributed by atoms with E-state index in [1.165, 1.54) is 49.6 Å². The van der Waals surface area contributed by atoms with Crippen LogP contribution >= 0.6 is 23.5 Å². The zero-order valence-corrected chi connectivity index (χ0v) is 19.8. The van der Waals surface area contributed by atoms with Crippen molar-refractivity contribution in [1.29, 1.82) is 0 Å². The fourth-order valence-corrected chi connectivity index (χ4v) is 7.86. The first kappa shape index (κ1) is 20.3. The molecule has 0 N–H and O–H groups in total. The second-order valence-corrected chi connectivity index (χ2v) is 11.6. The average molecular weight is 431 g/mol. The number of hydrogen-bond donors (Lipinski definition) is 0. The normalized spacial score (nSPS) is 23.4. The molecule has 1 aliphatic carbocycles. The molecule has 1 fully saturated rings. The maximum Gasteiger partial charge on any atom is 0.0494 e. The molecule has 2 aliphatic rings. The predicted molar refractivity (Wildman–Crippen MR) is 133 cm³/mol. The second-order valence-electron chi connectivity index (χ2n) is 9.20. The van der Waals surface area contributed by atoms with E-state index in [2.05, 4.69) is 81.4 Å². The number of allylic oxidation sites excluding steroid dienone is 1. The fraction of sp³-hybridized carbons (Fsp3) is 0.357. The van der Waals surface area contributed by atoms with Crippen molar-refractivity contribution >= 4 is 34.3 Å². The quantitative estimate of drug-likeness (QED) is 0.395. The van der Waals surface area contributed by atoms with Crippen LogP contribution in [0.15, 0.2) is 80.3 Å². The number of thioether (sulfide) groups is 2. The highest BCUT2D eigenvalue weighted by Gasteiger charge is 2.41. The van der Waals surface area contributed by atoms with Gasteiger partial charge in [-0.15, -0.1) is 0 Å². The largest absolute Gasteiger partial charge is 0.0825 e. The fourth-order valence-electron chi connectivity index (χ4n) is 5.09.